The molecule has 1 unspecified atom stereocenters. The number of nitrogens with zero attached hydrogens (tertiary/aromatic N) is 4. The number of carbonyl (C=O) groups is 2. The molecule has 0 aliphatic carbocycles. The molecule has 1 saturated heterocycles. The fourth-order valence-corrected chi connectivity index (χ4v) is 3.49. The molecule has 0 radical (unpaired) electrons. The molecule has 31 heavy (non-hydrogen) atoms. The Morgan fingerprint density at radius 3 is 2.61 bits per heavy atom. The highest BCUT2D eigenvalue weighted by Crippen LogP contribution is 2.26. The van der Waals surface area contributed by atoms with Crippen molar-refractivity contribution in [2.75, 3.05) is 24.5 Å². The Bertz CT molecular complexity index is 1070. The van der Waals surface area contributed by atoms with Crippen LogP contribution >= 0.6 is 0 Å². The average molecular weight is 417 g/mol. The molecule has 3 aromatic rings. The zero-order chi connectivity index (χ0) is 21.8. The Labute approximate surface area is 180 Å². The van der Waals surface area contributed by atoms with Gasteiger partial charge in [-0.1, -0.05) is 30.3 Å². The number of pyridine rings is 1. The number of rotatable bonds is 7. The summed E-state index contributed by atoms with van der Waals surface area (Å²) in [4.78, 5) is 30.8. The summed E-state index contributed by atoms with van der Waals surface area (Å²) in [5.74, 6) is 0.282. The molecule has 1 fully saturated rings. The van der Waals surface area contributed by atoms with Crippen molar-refractivity contribution in [1.82, 2.24) is 20.5 Å². The fraction of sp³-hybridized carbons (Fsp3) is 0.261. The van der Waals surface area contributed by atoms with Crippen LogP contribution in [0.15, 0.2) is 60.9 Å². The number of anilines is 1. The predicted molar refractivity (Wildman–Crippen MR) is 115 cm³/mol. The molecule has 1 aliphatic heterocycles. The van der Waals surface area contributed by atoms with E-state index >= 15 is 0 Å². The van der Waals surface area contributed by atoms with Gasteiger partial charge in [-0.2, -0.15) is 0 Å². The molecule has 4 rings (SSSR count). The molecule has 1 aliphatic rings. The number of aliphatic hydroxyl groups is 1. The maximum absolute atomic E-state index is 12.7. The lowest BCUT2D eigenvalue weighted by Gasteiger charge is -2.39. The van der Waals surface area contributed by atoms with Gasteiger partial charge >= 0.3 is 0 Å². The molecule has 8 heteroatoms. The van der Waals surface area contributed by atoms with Crippen molar-refractivity contribution in [3.63, 3.8) is 0 Å². The third-order valence-corrected chi connectivity index (χ3v) is 5.40. The van der Waals surface area contributed by atoms with Crippen LogP contribution < -0.4 is 10.2 Å². The SMILES string of the molecule is Cc1ccccc1C(=O)C1CN(c2ccc(C(=O)NCC(O)c3cccnc3)nn2)C1. The second-order valence-corrected chi connectivity index (χ2v) is 7.57. The first-order valence-corrected chi connectivity index (χ1v) is 10.1. The number of aliphatic hydroxyl groups excluding tert-OH is 1. The van der Waals surface area contributed by atoms with Gasteiger partial charge in [0.05, 0.1) is 12.0 Å². The zero-order valence-electron chi connectivity index (χ0n) is 17.1. The fourth-order valence-electron chi connectivity index (χ4n) is 3.49. The second kappa shape index (κ2) is 9.01. The normalized spacial score (nSPS) is 14.6. The number of hydrogen-bond acceptors (Lipinski definition) is 7. The Hall–Kier alpha value is -3.65. The molecular weight excluding hydrogens is 394 g/mol. The van der Waals surface area contributed by atoms with E-state index in [1.807, 2.05) is 36.1 Å². The van der Waals surface area contributed by atoms with Crippen LogP contribution in [0.4, 0.5) is 5.82 Å². The van der Waals surface area contributed by atoms with E-state index in [0.29, 0.717) is 24.5 Å². The molecule has 0 saturated carbocycles. The van der Waals surface area contributed by atoms with Gasteiger partial charge in [0.25, 0.3) is 5.91 Å². The quantitative estimate of drug-likeness (QED) is 0.566. The van der Waals surface area contributed by atoms with Crippen LogP contribution in [-0.4, -0.2) is 51.6 Å². The first-order chi connectivity index (χ1) is 15.0. The highest BCUT2D eigenvalue weighted by molar-refractivity contribution is 6.00. The van der Waals surface area contributed by atoms with E-state index in [4.69, 9.17) is 0 Å². The van der Waals surface area contributed by atoms with Gasteiger partial charge < -0.3 is 15.3 Å². The van der Waals surface area contributed by atoms with Crippen molar-refractivity contribution in [1.29, 1.82) is 0 Å². The van der Waals surface area contributed by atoms with Gasteiger partial charge in [-0.15, -0.1) is 10.2 Å². The van der Waals surface area contributed by atoms with Gasteiger partial charge in [-0.05, 0) is 30.7 Å². The maximum Gasteiger partial charge on any atom is 0.271 e. The number of hydrogen-bond donors (Lipinski definition) is 2. The summed E-state index contributed by atoms with van der Waals surface area (Å²) >= 11 is 0. The van der Waals surface area contributed by atoms with Crippen molar-refractivity contribution in [2.24, 2.45) is 5.92 Å². The highest BCUT2D eigenvalue weighted by atomic mass is 16.3. The van der Waals surface area contributed by atoms with E-state index < -0.39 is 12.0 Å². The molecule has 0 spiro atoms. The lowest BCUT2D eigenvalue weighted by molar-refractivity contribution is 0.0895. The minimum Gasteiger partial charge on any atom is -0.387 e. The van der Waals surface area contributed by atoms with Crippen LogP contribution in [0.5, 0.6) is 0 Å². The van der Waals surface area contributed by atoms with Crippen LogP contribution in [0.2, 0.25) is 0 Å². The van der Waals surface area contributed by atoms with Crippen LogP contribution in [0.1, 0.15) is 38.1 Å². The molecule has 1 aromatic carbocycles. The number of ketones is 1. The molecule has 3 heterocycles. The zero-order valence-corrected chi connectivity index (χ0v) is 17.1. The van der Waals surface area contributed by atoms with Crippen LogP contribution in [-0.2, 0) is 0 Å². The second-order valence-electron chi connectivity index (χ2n) is 7.57. The summed E-state index contributed by atoms with van der Waals surface area (Å²) in [6.45, 7) is 3.13. The predicted octanol–water partition coefficient (Wildman–Crippen LogP) is 1.96. The van der Waals surface area contributed by atoms with Gasteiger partial charge in [-0.25, -0.2) is 0 Å². The van der Waals surface area contributed by atoms with Crippen molar-refractivity contribution in [3.05, 3.63) is 83.3 Å². The van der Waals surface area contributed by atoms with Gasteiger partial charge in [0.2, 0.25) is 0 Å². The van der Waals surface area contributed by atoms with Crippen molar-refractivity contribution in [2.45, 2.75) is 13.0 Å². The first kappa shape index (κ1) is 20.6. The minimum atomic E-state index is -0.853. The average Bonchev–Trinajstić information content (AvgIpc) is 2.77. The smallest absolute Gasteiger partial charge is 0.271 e. The van der Waals surface area contributed by atoms with Gasteiger partial charge in [0.1, 0.15) is 0 Å². The van der Waals surface area contributed by atoms with Crippen LogP contribution in [0.25, 0.3) is 0 Å². The van der Waals surface area contributed by atoms with Crippen LogP contribution in [0.3, 0.4) is 0 Å². The number of nitrogens with one attached hydrogen (secondary N) is 1. The Morgan fingerprint density at radius 1 is 1.13 bits per heavy atom. The lowest BCUT2D eigenvalue weighted by Crippen LogP contribution is -2.51. The number of amides is 1. The monoisotopic (exact) mass is 417 g/mol. The van der Waals surface area contributed by atoms with Crippen molar-refractivity contribution >= 4 is 17.5 Å². The largest absolute Gasteiger partial charge is 0.387 e. The molecule has 1 amide bonds. The van der Waals surface area contributed by atoms with Gasteiger partial charge in [-0.3, -0.25) is 14.6 Å². The topological polar surface area (TPSA) is 108 Å². The summed E-state index contributed by atoms with van der Waals surface area (Å²) < 4.78 is 0. The summed E-state index contributed by atoms with van der Waals surface area (Å²) in [7, 11) is 0. The summed E-state index contributed by atoms with van der Waals surface area (Å²) in [5.41, 5.74) is 2.53. The molecule has 1 atom stereocenters. The molecular formula is C23H23N5O3. The van der Waals surface area contributed by atoms with Crippen molar-refractivity contribution < 1.29 is 14.7 Å². The van der Waals surface area contributed by atoms with Crippen LogP contribution in [0, 0.1) is 12.8 Å². The third-order valence-electron chi connectivity index (χ3n) is 5.40. The molecule has 2 N–H and O–H groups in total. The maximum atomic E-state index is 12.7. The number of carbonyl (C=O) groups excluding carboxylic acids is 2. The first-order valence-electron chi connectivity index (χ1n) is 10.1. The van der Waals surface area contributed by atoms with E-state index in [1.54, 1.807) is 36.7 Å². The third kappa shape index (κ3) is 4.59. The summed E-state index contributed by atoms with van der Waals surface area (Å²) in [6, 6.07) is 14.4. The van der Waals surface area contributed by atoms with Gasteiger partial charge in [0, 0.05) is 43.2 Å². The molecule has 158 valence electrons. The Morgan fingerprint density at radius 2 is 1.94 bits per heavy atom. The summed E-state index contributed by atoms with van der Waals surface area (Å²) in [5, 5.41) is 20.9. The van der Waals surface area contributed by atoms with E-state index in [9.17, 15) is 14.7 Å². The molecule has 2 aromatic heterocycles. The van der Waals surface area contributed by atoms with Crippen molar-refractivity contribution in [3.8, 4) is 0 Å². The molecule has 0 bridgehead atoms. The highest BCUT2D eigenvalue weighted by Gasteiger charge is 2.34. The number of aromatic nitrogens is 3. The van der Waals surface area contributed by atoms with E-state index in [0.717, 1.165) is 11.1 Å². The van der Waals surface area contributed by atoms with Gasteiger partial charge in [0.15, 0.2) is 17.3 Å². The summed E-state index contributed by atoms with van der Waals surface area (Å²) in [6.07, 6.45) is 2.31. The van der Waals surface area contributed by atoms with E-state index in [-0.39, 0.29) is 23.9 Å². The van der Waals surface area contributed by atoms with E-state index in [2.05, 4.69) is 20.5 Å². The Kier molecular flexibility index (Phi) is 5.99. The van der Waals surface area contributed by atoms with E-state index in [1.165, 1.54) is 0 Å². The standard InChI is InChI=1S/C23H23N5O3/c1-15-5-2-3-7-18(15)22(30)17-13-28(14-17)21-9-8-19(26-27-21)23(31)25-12-20(29)16-6-4-10-24-11-16/h2-11,17,20,29H,12-14H2,1H3,(H,25,31). The molecule has 8 nitrogen and oxygen atoms in total. The number of aryl methyl sites for hydroxylation is 1. The number of Topliss-reactive ketones (excluding diaryl/α,β-unsaturated/α-hetero) is 1. The Balaban J connectivity index is 1.29. The number of benzene rings is 1. The lowest BCUT2D eigenvalue weighted by atomic mass is 9.89. The minimum absolute atomic E-state index is 0.0444.